The van der Waals surface area contributed by atoms with E-state index in [1.54, 1.807) is 11.0 Å². The molecule has 1 aliphatic carbocycles. The maximum Gasteiger partial charge on any atom is 0.143 e. The van der Waals surface area contributed by atoms with E-state index in [0.717, 1.165) is 49.0 Å². The Kier molecular flexibility index (Phi) is 5.72. The molecule has 1 saturated heterocycles. The van der Waals surface area contributed by atoms with Crippen LogP contribution in [0, 0.1) is 5.92 Å². The molecule has 30 heavy (non-hydrogen) atoms. The van der Waals surface area contributed by atoms with Crippen molar-refractivity contribution in [2.45, 2.75) is 44.3 Å². The van der Waals surface area contributed by atoms with Crippen LogP contribution in [0.5, 0.6) is 5.75 Å². The van der Waals surface area contributed by atoms with Gasteiger partial charge in [0.1, 0.15) is 12.1 Å². The predicted molar refractivity (Wildman–Crippen MR) is 114 cm³/mol. The van der Waals surface area contributed by atoms with Crippen LogP contribution in [-0.2, 0) is 6.54 Å². The summed E-state index contributed by atoms with van der Waals surface area (Å²) in [6, 6.07) is 17.6. The van der Waals surface area contributed by atoms with Crippen LogP contribution in [0.4, 0.5) is 0 Å². The Hall–Kier alpha value is -2.77. The van der Waals surface area contributed by atoms with Gasteiger partial charge in [-0.05, 0) is 72.3 Å². The number of hydrogen-bond donors (Lipinski definition) is 2. The van der Waals surface area contributed by atoms with Gasteiger partial charge < -0.3 is 15.4 Å². The summed E-state index contributed by atoms with van der Waals surface area (Å²) >= 11 is 0. The highest BCUT2D eigenvalue weighted by atomic mass is 16.5. The van der Waals surface area contributed by atoms with Crippen molar-refractivity contribution in [1.82, 2.24) is 30.8 Å². The Bertz CT molecular complexity index is 942. The second-order valence-corrected chi connectivity index (χ2v) is 8.27. The molecular formula is C23H28N6O. The molecule has 3 aromatic rings. The zero-order valence-electron chi connectivity index (χ0n) is 17.1. The molecule has 2 heterocycles. The highest BCUT2D eigenvalue weighted by molar-refractivity contribution is 5.43. The molecule has 7 nitrogen and oxygen atoms in total. The first-order chi connectivity index (χ1) is 14.9. The Balaban J connectivity index is 1.34. The molecule has 1 aromatic heterocycles. The van der Waals surface area contributed by atoms with Gasteiger partial charge >= 0.3 is 0 Å². The van der Waals surface area contributed by atoms with Gasteiger partial charge in [0.25, 0.3) is 0 Å². The van der Waals surface area contributed by atoms with Gasteiger partial charge in [0.15, 0.2) is 0 Å². The quantitative estimate of drug-likeness (QED) is 0.601. The summed E-state index contributed by atoms with van der Waals surface area (Å²) in [5, 5.41) is 19.0. The van der Waals surface area contributed by atoms with Crippen LogP contribution in [0.15, 0.2) is 54.9 Å². The normalized spacial score (nSPS) is 21.5. The Morgan fingerprint density at radius 3 is 2.80 bits per heavy atom. The molecule has 2 unspecified atom stereocenters. The summed E-state index contributed by atoms with van der Waals surface area (Å²) < 4.78 is 7.85. The van der Waals surface area contributed by atoms with Crippen LogP contribution in [-0.4, -0.2) is 39.4 Å². The van der Waals surface area contributed by atoms with E-state index in [1.807, 2.05) is 12.1 Å². The first kappa shape index (κ1) is 19.2. The lowest BCUT2D eigenvalue weighted by molar-refractivity contribution is 0.287. The molecule has 0 spiro atoms. The van der Waals surface area contributed by atoms with Crippen LogP contribution in [0.25, 0.3) is 5.69 Å². The predicted octanol–water partition coefficient (Wildman–Crippen LogP) is 3.03. The molecule has 1 saturated carbocycles. The SMILES string of the molecule is c1ccc(C2NCCCC2NCc2cc(-n3cnnn3)ccc2OCC2CC2)cc1. The lowest BCUT2D eigenvalue weighted by Crippen LogP contribution is -2.45. The zero-order valence-corrected chi connectivity index (χ0v) is 17.1. The van der Waals surface area contributed by atoms with E-state index in [4.69, 9.17) is 4.74 Å². The number of benzene rings is 2. The van der Waals surface area contributed by atoms with Gasteiger partial charge in [0, 0.05) is 24.2 Å². The molecule has 0 amide bonds. The summed E-state index contributed by atoms with van der Waals surface area (Å²) in [5.74, 6) is 1.67. The minimum atomic E-state index is 0.318. The van der Waals surface area contributed by atoms with Gasteiger partial charge in [-0.1, -0.05) is 30.3 Å². The first-order valence-corrected chi connectivity index (χ1v) is 10.9. The topological polar surface area (TPSA) is 76.9 Å². The van der Waals surface area contributed by atoms with Crippen molar-refractivity contribution in [3.05, 3.63) is 66.0 Å². The third-order valence-corrected chi connectivity index (χ3v) is 6.00. The van der Waals surface area contributed by atoms with E-state index in [9.17, 15) is 0 Å². The number of nitrogens with one attached hydrogen (secondary N) is 2. The van der Waals surface area contributed by atoms with Crippen molar-refractivity contribution < 1.29 is 4.74 Å². The summed E-state index contributed by atoms with van der Waals surface area (Å²) in [6.07, 6.45) is 6.51. The van der Waals surface area contributed by atoms with E-state index in [2.05, 4.69) is 62.6 Å². The second kappa shape index (κ2) is 8.93. The fraction of sp³-hybridized carbons (Fsp3) is 0.435. The summed E-state index contributed by atoms with van der Waals surface area (Å²) in [4.78, 5) is 0. The number of tetrazole rings is 1. The molecule has 7 heteroatoms. The number of nitrogens with zero attached hydrogens (tertiary/aromatic N) is 4. The minimum absolute atomic E-state index is 0.318. The van der Waals surface area contributed by atoms with E-state index < -0.39 is 0 Å². The highest BCUT2D eigenvalue weighted by Crippen LogP contribution is 2.31. The Morgan fingerprint density at radius 1 is 1.10 bits per heavy atom. The number of aromatic nitrogens is 4. The van der Waals surface area contributed by atoms with Crippen molar-refractivity contribution in [2.75, 3.05) is 13.2 Å². The van der Waals surface area contributed by atoms with Crippen molar-refractivity contribution in [2.24, 2.45) is 5.92 Å². The monoisotopic (exact) mass is 404 g/mol. The van der Waals surface area contributed by atoms with E-state index in [-0.39, 0.29) is 0 Å². The maximum atomic E-state index is 6.17. The molecule has 2 fully saturated rings. The molecule has 0 bridgehead atoms. The van der Waals surface area contributed by atoms with Gasteiger partial charge in [-0.15, -0.1) is 5.10 Å². The van der Waals surface area contributed by atoms with E-state index in [0.29, 0.717) is 12.1 Å². The van der Waals surface area contributed by atoms with Gasteiger partial charge in [-0.2, -0.15) is 0 Å². The van der Waals surface area contributed by atoms with Crippen LogP contribution in [0.1, 0.15) is 42.9 Å². The fourth-order valence-corrected chi connectivity index (χ4v) is 4.12. The van der Waals surface area contributed by atoms with Gasteiger partial charge in [0.05, 0.1) is 12.3 Å². The van der Waals surface area contributed by atoms with Crippen molar-refractivity contribution in [3.8, 4) is 11.4 Å². The van der Waals surface area contributed by atoms with Crippen LogP contribution >= 0.6 is 0 Å². The van der Waals surface area contributed by atoms with E-state index in [1.165, 1.54) is 24.8 Å². The Labute approximate surface area is 176 Å². The molecule has 0 radical (unpaired) electrons. The van der Waals surface area contributed by atoms with Crippen LogP contribution in [0.3, 0.4) is 0 Å². The molecule has 2 aliphatic rings. The van der Waals surface area contributed by atoms with Gasteiger partial charge in [0.2, 0.25) is 0 Å². The number of piperidine rings is 1. The maximum absolute atomic E-state index is 6.17. The molecular weight excluding hydrogens is 376 g/mol. The zero-order chi connectivity index (χ0) is 20.2. The molecule has 1 aliphatic heterocycles. The fourth-order valence-electron chi connectivity index (χ4n) is 4.12. The number of hydrogen-bond acceptors (Lipinski definition) is 6. The van der Waals surface area contributed by atoms with E-state index >= 15 is 0 Å². The average Bonchev–Trinajstić information content (AvgIpc) is 3.47. The van der Waals surface area contributed by atoms with Crippen LogP contribution in [0.2, 0.25) is 0 Å². The second-order valence-electron chi connectivity index (χ2n) is 8.27. The third-order valence-electron chi connectivity index (χ3n) is 6.00. The lowest BCUT2D eigenvalue weighted by atomic mass is 9.92. The summed E-state index contributed by atoms with van der Waals surface area (Å²) in [5.41, 5.74) is 3.42. The third kappa shape index (κ3) is 4.52. The average molecular weight is 405 g/mol. The van der Waals surface area contributed by atoms with Gasteiger partial charge in [-0.3, -0.25) is 0 Å². The number of rotatable bonds is 8. The Morgan fingerprint density at radius 2 is 2.00 bits per heavy atom. The summed E-state index contributed by atoms with van der Waals surface area (Å²) in [7, 11) is 0. The largest absolute Gasteiger partial charge is 0.493 e. The van der Waals surface area contributed by atoms with Crippen LogP contribution < -0.4 is 15.4 Å². The minimum Gasteiger partial charge on any atom is -0.493 e. The van der Waals surface area contributed by atoms with Crippen molar-refractivity contribution in [3.63, 3.8) is 0 Å². The molecule has 2 atom stereocenters. The molecule has 2 aromatic carbocycles. The first-order valence-electron chi connectivity index (χ1n) is 10.9. The highest BCUT2D eigenvalue weighted by Gasteiger charge is 2.26. The molecule has 156 valence electrons. The summed E-state index contributed by atoms with van der Waals surface area (Å²) in [6.45, 7) is 2.60. The van der Waals surface area contributed by atoms with Crippen molar-refractivity contribution >= 4 is 0 Å². The smallest absolute Gasteiger partial charge is 0.143 e. The molecule has 5 rings (SSSR count). The number of ether oxygens (including phenoxy) is 1. The van der Waals surface area contributed by atoms with Gasteiger partial charge in [-0.25, -0.2) is 4.68 Å². The lowest BCUT2D eigenvalue weighted by Gasteiger charge is -2.34. The standard InChI is InChI=1S/C23H28N6O/c1-2-5-18(6-3-1)23-21(7-4-12-24-23)25-14-19-13-20(29-16-26-27-28-29)10-11-22(19)30-15-17-8-9-17/h1-3,5-6,10-11,13,16-17,21,23-25H,4,7-9,12,14-15H2. The van der Waals surface area contributed by atoms with Crippen molar-refractivity contribution in [1.29, 1.82) is 0 Å². The molecule has 2 N–H and O–H groups in total.